The van der Waals surface area contributed by atoms with Gasteiger partial charge in [0.2, 0.25) is 29.5 Å². The zero-order chi connectivity index (χ0) is 39.5. The number of nitrogens with one attached hydrogen (secondary N) is 4. The second-order valence-corrected chi connectivity index (χ2v) is 16.6. The maximum atomic E-state index is 13.9. The number of rotatable bonds is 30. The Labute approximate surface area is 334 Å². The molecule has 316 valence electrons. The van der Waals surface area contributed by atoms with E-state index in [4.69, 9.17) is 0 Å². The van der Waals surface area contributed by atoms with Crippen LogP contribution in [0.5, 0.6) is 0 Å². The Bertz CT molecular complexity index is 1110. The highest BCUT2D eigenvalue weighted by molar-refractivity contribution is 5.95. The minimum Gasteiger partial charge on any atom is -0.356 e. The van der Waals surface area contributed by atoms with Gasteiger partial charge in [0.1, 0.15) is 18.1 Å². The third-order valence-electron chi connectivity index (χ3n) is 12.0. The lowest BCUT2D eigenvalue weighted by Gasteiger charge is -2.32. The quantitative estimate of drug-likeness (QED) is 0.0577. The molecule has 0 bridgehead atoms. The summed E-state index contributed by atoms with van der Waals surface area (Å²) in [5.41, 5.74) is 0. The summed E-state index contributed by atoms with van der Waals surface area (Å²) in [7, 11) is 0. The van der Waals surface area contributed by atoms with E-state index >= 15 is 0 Å². The molecule has 0 aliphatic carbocycles. The molecule has 3 saturated heterocycles. The van der Waals surface area contributed by atoms with Gasteiger partial charge in [0, 0.05) is 32.6 Å². The average Bonchev–Trinajstić information content (AvgIpc) is 4.00. The molecule has 0 unspecified atom stereocenters. The molecule has 0 spiro atoms. The number of amides is 5. The predicted octanol–water partition coefficient (Wildman–Crippen LogP) is 7.06. The van der Waals surface area contributed by atoms with E-state index in [1.807, 2.05) is 0 Å². The monoisotopic (exact) mass is 773 g/mol. The molecule has 4 N–H and O–H groups in total. The molecule has 4 atom stereocenters. The molecule has 11 heteroatoms. The van der Waals surface area contributed by atoms with Gasteiger partial charge in [-0.05, 0) is 64.3 Å². The van der Waals surface area contributed by atoms with Crippen molar-refractivity contribution in [3.05, 3.63) is 0 Å². The van der Waals surface area contributed by atoms with Crippen molar-refractivity contribution in [1.29, 1.82) is 0 Å². The molecular weight excluding hydrogens is 693 g/mol. The maximum absolute atomic E-state index is 13.9. The molecule has 0 aromatic rings. The first kappa shape index (κ1) is 46.7. The molecule has 0 saturated carbocycles. The van der Waals surface area contributed by atoms with Gasteiger partial charge in [-0.25, -0.2) is 0 Å². The number of hydrogen-bond acceptors (Lipinski definition) is 6. The molecule has 5 amide bonds. The SMILES string of the molecule is CCCCCCCCCCCCNC(=O)CC[C@H](NC(=O)[C@@H]1CCCN1C(=O)[C@@H]1CCCN1C(=O)[C@@H]1CCCN1)C(=O)NCCCCCCCCCCCC. The third kappa shape index (κ3) is 18.0. The van der Waals surface area contributed by atoms with Crippen LogP contribution < -0.4 is 21.3 Å². The molecule has 0 radical (unpaired) electrons. The predicted molar refractivity (Wildman–Crippen MR) is 221 cm³/mol. The minimum atomic E-state index is -0.866. The molecule has 3 rings (SSSR count). The summed E-state index contributed by atoms with van der Waals surface area (Å²) in [6.45, 7) is 7.45. The molecule has 3 aliphatic heterocycles. The summed E-state index contributed by atoms with van der Waals surface area (Å²) in [6, 6.07) is -2.35. The fourth-order valence-corrected chi connectivity index (χ4v) is 8.57. The summed E-state index contributed by atoms with van der Waals surface area (Å²) in [6.07, 6.45) is 29.0. The Morgan fingerprint density at radius 1 is 0.582 bits per heavy atom. The Morgan fingerprint density at radius 3 is 1.60 bits per heavy atom. The van der Waals surface area contributed by atoms with E-state index in [-0.39, 0.29) is 48.4 Å². The van der Waals surface area contributed by atoms with E-state index in [2.05, 4.69) is 35.1 Å². The molecule has 3 fully saturated rings. The van der Waals surface area contributed by atoms with Gasteiger partial charge in [0.25, 0.3) is 0 Å². The van der Waals surface area contributed by atoms with E-state index in [0.717, 1.165) is 57.9 Å². The fourth-order valence-electron chi connectivity index (χ4n) is 8.57. The highest BCUT2D eigenvalue weighted by Crippen LogP contribution is 2.27. The molecule has 3 aliphatic rings. The number of hydrogen-bond donors (Lipinski definition) is 4. The summed E-state index contributed by atoms with van der Waals surface area (Å²) in [4.78, 5) is 70.7. The van der Waals surface area contributed by atoms with Gasteiger partial charge >= 0.3 is 0 Å². The zero-order valence-electron chi connectivity index (χ0n) is 35.1. The summed E-state index contributed by atoms with van der Waals surface area (Å²) >= 11 is 0. The first-order valence-corrected chi connectivity index (χ1v) is 23.1. The summed E-state index contributed by atoms with van der Waals surface area (Å²) < 4.78 is 0. The third-order valence-corrected chi connectivity index (χ3v) is 12.0. The van der Waals surface area contributed by atoms with Crippen LogP contribution in [-0.4, -0.2) is 96.2 Å². The lowest BCUT2D eigenvalue weighted by molar-refractivity contribution is -0.147. The van der Waals surface area contributed by atoms with Crippen molar-refractivity contribution in [2.24, 2.45) is 0 Å². The fraction of sp³-hybridized carbons (Fsp3) is 0.886. The van der Waals surface area contributed by atoms with Gasteiger partial charge in [-0.1, -0.05) is 129 Å². The summed E-state index contributed by atoms with van der Waals surface area (Å²) in [5.74, 6) is -0.935. The van der Waals surface area contributed by atoms with Crippen LogP contribution in [0.25, 0.3) is 0 Å². The van der Waals surface area contributed by atoms with Gasteiger partial charge in [-0.3, -0.25) is 24.0 Å². The van der Waals surface area contributed by atoms with Crippen molar-refractivity contribution in [2.75, 3.05) is 32.7 Å². The standard InChI is InChI=1S/C44H80N6O5/c1-3-5-7-9-11-13-15-17-19-21-31-46-40(51)30-29-36(41(52)47-32-22-20-18-16-14-12-10-8-6-4-2)48-42(53)38-27-24-34-49(38)44(55)39-28-25-35-50(39)43(54)37-26-23-33-45-37/h36-39,45H,3-35H2,1-2H3,(H,46,51)(H,47,52)(H,48,53)/t36-,37-,38-,39-/m0/s1. The highest BCUT2D eigenvalue weighted by atomic mass is 16.2. The largest absolute Gasteiger partial charge is 0.356 e. The molecule has 0 aromatic heterocycles. The Hall–Kier alpha value is -2.69. The van der Waals surface area contributed by atoms with Gasteiger partial charge in [0.05, 0.1) is 6.04 Å². The first-order chi connectivity index (χ1) is 26.9. The van der Waals surface area contributed by atoms with E-state index < -0.39 is 18.1 Å². The molecule has 3 heterocycles. The van der Waals surface area contributed by atoms with Crippen LogP contribution in [0.15, 0.2) is 0 Å². The van der Waals surface area contributed by atoms with Crippen molar-refractivity contribution in [3.63, 3.8) is 0 Å². The van der Waals surface area contributed by atoms with Crippen LogP contribution in [0, 0.1) is 0 Å². The molecule has 55 heavy (non-hydrogen) atoms. The highest BCUT2D eigenvalue weighted by Gasteiger charge is 2.44. The van der Waals surface area contributed by atoms with Crippen molar-refractivity contribution in [2.45, 2.75) is 218 Å². The van der Waals surface area contributed by atoms with Crippen LogP contribution in [0.2, 0.25) is 0 Å². The Kier molecular flexibility index (Phi) is 24.3. The number of likely N-dealkylation sites (tertiary alicyclic amines) is 2. The average molecular weight is 773 g/mol. The number of nitrogens with zero attached hydrogens (tertiary/aromatic N) is 2. The van der Waals surface area contributed by atoms with Crippen molar-refractivity contribution < 1.29 is 24.0 Å². The van der Waals surface area contributed by atoms with Crippen LogP contribution in [0.3, 0.4) is 0 Å². The second-order valence-electron chi connectivity index (χ2n) is 16.6. The molecule has 0 aromatic carbocycles. The zero-order valence-corrected chi connectivity index (χ0v) is 35.1. The van der Waals surface area contributed by atoms with E-state index in [1.165, 1.54) is 96.3 Å². The van der Waals surface area contributed by atoms with Gasteiger partial charge < -0.3 is 31.1 Å². The minimum absolute atomic E-state index is 0.0147. The van der Waals surface area contributed by atoms with E-state index in [9.17, 15) is 24.0 Å². The van der Waals surface area contributed by atoms with Crippen molar-refractivity contribution in [1.82, 2.24) is 31.1 Å². The van der Waals surface area contributed by atoms with Crippen LogP contribution in [0.1, 0.15) is 194 Å². The van der Waals surface area contributed by atoms with E-state index in [0.29, 0.717) is 45.4 Å². The normalized spacial score (nSPS) is 20.1. The number of carbonyl (C=O) groups excluding carboxylic acids is 5. The Balaban J connectivity index is 1.47. The van der Waals surface area contributed by atoms with Gasteiger partial charge in [0.15, 0.2) is 0 Å². The van der Waals surface area contributed by atoms with Crippen LogP contribution in [0.4, 0.5) is 0 Å². The van der Waals surface area contributed by atoms with Gasteiger partial charge in [-0.15, -0.1) is 0 Å². The lowest BCUT2D eigenvalue weighted by atomic mass is 10.1. The summed E-state index contributed by atoms with van der Waals surface area (Å²) in [5, 5.41) is 12.3. The Morgan fingerprint density at radius 2 is 1.07 bits per heavy atom. The first-order valence-electron chi connectivity index (χ1n) is 23.1. The van der Waals surface area contributed by atoms with Gasteiger partial charge in [-0.2, -0.15) is 0 Å². The number of carbonyl (C=O) groups is 5. The van der Waals surface area contributed by atoms with Crippen molar-refractivity contribution in [3.8, 4) is 0 Å². The van der Waals surface area contributed by atoms with E-state index in [1.54, 1.807) is 9.80 Å². The second kappa shape index (κ2) is 28.7. The lowest BCUT2D eigenvalue weighted by Crippen LogP contribution is -2.57. The van der Waals surface area contributed by atoms with Crippen molar-refractivity contribution >= 4 is 29.5 Å². The topological polar surface area (TPSA) is 140 Å². The number of unbranched alkanes of at least 4 members (excludes halogenated alkanes) is 18. The van der Waals surface area contributed by atoms with Crippen LogP contribution >= 0.6 is 0 Å². The van der Waals surface area contributed by atoms with Crippen LogP contribution in [-0.2, 0) is 24.0 Å². The maximum Gasteiger partial charge on any atom is 0.246 e. The smallest absolute Gasteiger partial charge is 0.246 e. The molecular formula is C44H80N6O5. The molecule has 11 nitrogen and oxygen atoms in total.